The number of hydrogen-bond donors (Lipinski definition) is 0. The molecule has 0 aromatic carbocycles. The van der Waals surface area contributed by atoms with Crippen LogP contribution in [0.4, 0.5) is 0 Å². The molecule has 0 radical (unpaired) electrons. The maximum absolute atomic E-state index is 5.53. The topological polar surface area (TPSA) is 40.0 Å². The second-order valence-electron chi connectivity index (χ2n) is 2.39. The molecule has 0 saturated carbocycles. The van der Waals surface area contributed by atoms with Gasteiger partial charge in [0.2, 0.25) is 0 Å². The minimum Gasteiger partial charge on any atom is -0.373 e. The van der Waals surface area contributed by atoms with Crippen molar-refractivity contribution in [1.82, 2.24) is 0 Å². The molecule has 0 saturated heterocycles. The van der Waals surface area contributed by atoms with Crippen molar-refractivity contribution in [3.63, 3.8) is 0 Å². The molecule has 0 aliphatic heterocycles. The molecule has 0 spiro atoms. The smallest absolute Gasteiger partial charge is 0.373 e. The van der Waals surface area contributed by atoms with E-state index in [4.69, 9.17) is 13.3 Å². The SMILES string of the molecule is CCO[Si](CN=C=S)(OCC)OCC. The molecular weight excluding hydrogens is 218 g/mol. The van der Waals surface area contributed by atoms with E-state index in [0.29, 0.717) is 26.0 Å². The molecule has 0 unspecified atom stereocenters. The summed E-state index contributed by atoms with van der Waals surface area (Å²) in [5.74, 6) is 0. The third kappa shape index (κ3) is 4.95. The summed E-state index contributed by atoms with van der Waals surface area (Å²) in [4.78, 5) is 3.85. The van der Waals surface area contributed by atoms with Crippen molar-refractivity contribution in [1.29, 1.82) is 0 Å². The van der Waals surface area contributed by atoms with Gasteiger partial charge in [0.1, 0.15) is 6.17 Å². The van der Waals surface area contributed by atoms with Gasteiger partial charge in [-0.05, 0) is 33.0 Å². The van der Waals surface area contributed by atoms with Gasteiger partial charge in [-0.15, -0.1) is 0 Å². The van der Waals surface area contributed by atoms with E-state index in [2.05, 4.69) is 22.4 Å². The highest BCUT2D eigenvalue weighted by Gasteiger charge is 2.40. The first-order valence-electron chi connectivity index (χ1n) is 4.70. The zero-order chi connectivity index (χ0) is 10.9. The lowest BCUT2D eigenvalue weighted by molar-refractivity contribution is 0.0730. The Balaban J connectivity index is 4.44. The van der Waals surface area contributed by atoms with Gasteiger partial charge >= 0.3 is 8.80 Å². The van der Waals surface area contributed by atoms with Crippen molar-refractivity contribution in [3.8, 4) is 0 Å². The second-order valence-corrected chi connectivity index (χ2v) is 5.12. The molecule has 6 heteroatoms. The Morgan fingerprint density at radius 2 is 1.50 bits per heavy atom. The van der Waals surface area contributed by atoms with Crippen LogP contribution in [0.5, 0.6) is 0 Å². The molecule has 0 bridgehead atoms. The predicted molar refractivity (Wildman–Crippen MR) is 60.5 cm³/mol. The molecule has 0 fully saturated rings. The first kappa shape index (κ1) is 13.9. The van der Waals surface area contributed by atoms with E-state index >= 15 is 0 Å². The average molecular weight is 235 g/mol. The standard InChI is InChI=1S/C8H17NO3SSi/c1-4-10-14(11-5-2,12-6-3)8-9-7-13/h4-6,8H2,1-3H3. The molecule has 0 heterocycles. The highest BCUT2D eigenvalue weighted by atomic mass is 32.1. The summed E-state index contributed by atoms with van der Waals surface area (Å²) in [5.41, 5.74) is 0. The van der Waals surface area contributed by atoms with Crippen LogP contribution in [0.15, 0.2) is 4.99 Å². The zero-order valence-electron chi connectivity index (χ0n) is 8.91. The molecule has 82 valence electrons. The number of thiocarbonyl (C=S) groups is 1. The quantitative estimate of drug-likeness (QED) is 0.364. The highest BCUT2D eigenvalue weighted by molar-refractivity contribution is 7.78. The fourth-order valence-electron chi connectivity index (χ4n) is 1.05. The van der Waals surface area contributed by atoms with Gasteiger partial charge in [-0.2, -0.15) is 0 Å². The maximum atomic E-state index is 5.53. The number of hydrogen-bond acceptors (Lipinski definition) is 5. The fraction of sp³-hybridized carbons (Fsp3) is 0.875. The summed E-state index contributed by atoms with van der Waals surface area (Å²) >= 11 is 4.51. The van der Waals surface area contributed by atoms with Crippen molar-refractivity contribution in [3.05, 3.63) is 0 Å². The molecule has 0 aromatic heterocycles. The Bertz CT molecular complexity index is 180. The third-order valence-electron chi connectivity index (χ3n) is 1.43. The van der Waals surface area contributed by atoms with Gasteiger partial charge in [-0.25, -0.2) is 4.99 Å². The average Bonchev–Trinajstić information content (AvgIpc) is 2.16. The molecule has 0 rings (SSSR count). The van der Waals surface area contributed by atoms with Crippen molar-refractivity contribution in [2.75, 3.05) is 26.0 Å². The van der Waals surface area contributed by atoms with Gasteiger partial charge in [-0.3, -0.25) is 0 Å². The molecule has 0 aromatic rings. The predicted octanol–water partition coefficient (Wildman–Crippen LogP) is 1.68. The molecule has 0 aliphatic rings. The Morgan fingerprint density at radius 1 is 1.07 bits per heavy atom. The molecule has 0 N–H and O–H groups in total. The van der Waals surface area contributed by atoms with Crippen molar-refractivity contribution in [2.24, 2.45) is 4.99 Å². The molecule has 4 nitrogen and oxygen atoms in total. The van der Waals surface area contributed by atoms with Crippen LogP contribution in [0.3, 0.4) is 0 Å². The minimum absolute atomic E-state index is 0.353. The van der Waals surface area contributed by atoms with Crippen LogP contribution in [0.25, 0.3) is 0 Å². The van der Waals surface area contributed by atoms with Gasteiger partial charge in [0.25, 0.3) is 0 Å². The van der Waals surface area contributed by atoms with E-state index in [0.717, 1.165) is 0 Å². The Kier molecular flexibility index (Phi) is 8.16. The summed E-state index contributed by atoms with van der Waals surface area (Å²) in [6.07, 6.45) is 0.353. The first-order valence-corrected chi connectivity index (χ1v) is 7.04. The first-order chi connectivity index (χ1) is 6.74. The number of aliphatic imine (C=N–C) groups is 1. The molecule has 0 atom stereocenters. The fourth-order valence-corrected chi connectivity index (χ4v) is 3.35. The van der Waals surface area contributed by atoms with E-state index in [1.54, 1.807) is 0 Å². The summed E-state index contributed by atoms with van der Waals surface area (Å²) in [7, 11) is -2.61. The molecule has 14 heavy (non-hydrogen) atoms. The molecule has 0 aliphatic carbocycles. The van der Waals surface area contributed by atoms with Crippen molar-refractivity contribution in [2.45, 2.75) is 20.8 Å². The lowest BCUT2D eigenvalue weighted by atomic mass is 10.9. The van der Waals surface area contributed by atoms with E-state index in [9.17, 15) is 0 Å². The van der Waals surface area contributed by atoms with Gasteiger partial charge in [0.05, 0.1) is 5.16 Å². The summed E-state index contributed by atoms with van der Waals surface area (Å²) in [6, 6.07) is 0. The lowest BCUT2D eigenvalue weighted by Gasteiger charge is -2.26. The van der Waals surface area contributed by atoms with Crippen LogP contribution in [-0.4, -0.2) is 40.0 Å². The third-order valence-corrected chi connectivity index (χ3v) is 4.29. The Hall–Kier alpha value is -0.103. The lowest BCUT2D eigenvalue weighted by Crippen LogP contribution is -2.49. The zero-order valence-corrected chi connectivity index (χ0v) is 10.7. The Morgan fingerprint density at radius 3 is 1.79 bits per heavy atom. The van der Waals surface area contributed by atoms with E-state index in [-0.39, 0.29) is 0 Å². The highest BCUT2D eigenvalue weighted by Crippen LogP contribution is 2.10. The van der Waals surface area contributed by atoms with E-state index in [1.165, 1.54) is 0 Å². The summed E-state index contributed by atoms with van der Waals surface area (Å²) in [6.45, 7) is 7.38. The minimum atomic E-state index is -2.61. The van der Waals surface area contributed by atoms with Crippen LogP contribution in [0, 0.1) is 0 Å². The summed E-state index contributed by atoms with van der Waals surface area (Å²) < 4.78 is 16.6. The monoisotopic (exact) mass is 235 g/mol. The number of rotatable bonds is 8. The van der Waals surface area contributed by atoms with Crippen molar-refractivity contribution >= 4 is 26.2 Å². The molecule has 0 amide bonds. The van der Waals surface area contributed by atoms with Gasteiger partial charge in [0, 0.05) is 19.8 Å². The van der Waals surface area contributed by atoms with E-state index < -0.39 is 8.80 Å². The van der Waals surface area contributed by atoms with Crippen LogP contribution in [0.1, 0.15) is 20.8 Å². The largest absolute Gasteiger partial charge is 0.524 e. The van der Waals surface area contributed by atoms with Gasteiger partial charge in [0.15, 0.2) is 0 Å². The molecular formula is C8H17NO3SSi. The van der Waals surface area contributed by atoms with Crippen LogP contribution in [0.2, 0.25) is 0 Å². The van der Waals surface area contributed by atoms with Gasteiger partial charge in [-0.1, -0.05) is 0 Å². The van der Waals surface area contributed by atoms with Crippen LogP contribution >= 0.6 is 12.2 Å². The van der Waals surface area contributed by atoms with Crippen molar-refractivity contribution < 1.29 is 13.3 Å². The second kappa shape index (κ2) is 8.23. The number of nitrogens with zero attached hydrogens (tertiary/aromatic N) is 1. The van der Waals surface area contributed by atoms with E-state index in [1.807, 2.05) is 20.8 Å². The Labute approximate surface area is 91.6 Å². The van der Waals surface area contributed by atoms with Gasteiger partial charge < -0.3 is 13.3 Å². The normalized spacial score (nSPS) is 11.1. The number of isothiocyanates is 1. The summed E-state index contributed by atoms with van der Waals surface area (Å²) in [5, 5.41) is 2.30. The van der Waals surface area contributed by atoms with Crippen LogP contribution in [-0.2, 0) is 13.3 Å². The maximum Gasteiger partial charge on any atom is 0.524 e. The van der Waals surface area contributed by atoms with Crippen LogP contribution < -0.4 is 0 Å².